The van der Waals surface area contributed by atoms with Crippen molar-refractivity contribution in [2.75, 3.05) is 18.3 Å². The molecule has 3 amide bonds. The van der Waals surface area contributed by atoms with Gasteiger partial charge in [0.1, 0.15) is 46.4 Å². The number of ether oxygens (including phenoxy) is 4. The van der Waals surface area contributed by atoms with Crippen molar-refractivity contribution in [1.29, 1.82) is 0 Å². The molecule has 1 aromatic heterocycles. The van der Waals surface area contributed by atoms with Crippen molar-refractivity contribution < 1.29 is 47.8 Å². The minimum Gasteiger partial charge on any atom is -0.497 e. The van der Waals surface area contributed by atoms with Gasteiger partial charge in [0.05, 0.1) is 7.11 Å². The summed E-state index contributed by atoms with van der Waals surface area (Å²) in [6.07, 6.45) is -0.769. The fraction of sp³-hybridized carbons (Fsp3) is 0.514. The highest BCUT2D eigenvalue weighted by Gasteiger charge is 2.56. The van der Waals surface area contributed by atoms with E-state index in [-0.39, 0.29) is 34.3 Å². The molecule has 2 aliphatic heterocycles. The van der Waals surface area contributed by atoms with Crippen LogP contribution in [0.1, 0.15) is 73.6 Å². The number of rotatable bonds is 12. The number of thiazole rings is 1. The molecule has 4 rings (SSSR count). The van der Waals surface area contributed by atoms with Crippen LogP contribution in [-0.2, 0) is 44.8 Å². The number of alkyl halides is 1. The van der Waals surface area contributed by atoms with Crippen molar-refractivity contribution in [3.05, 3.63) is 52.2 Å². The van der Waals surface area contributed by atoms with E-state index in [1.54, 1.807) is 72.9 Å². The fourth-order valence-corrected chi connectivity index (χ4v) is 7.38. The highest BCUT2D eigenvalue weighted by atomic mass is 35.5. The maximum absolute atomic E-state index is 13.9. The van der Waals surface area contributed by atoms with Crippen LogP contribution in [0.15, 0.2) is 46.1 Å². The first kappa shape index (κ1) is 41.4. The zero-order chi connectivity index (χ0) is 39.5. The maximum atomic E-state index is 13.9. The zero-order valence-electron chi connectivity index (χ0n) is 31.2. The van der Waals surface area contributed by atoms with E-state index in [1.165, 1.54) is 35.9 Å². The molecule has 1 saturated heterocycles. The van der Waals surface area contributed by atoms with Gasteiger partial charge in [0.15, 0.2) is 10.8 Å². The molecular formula is C35H44ClN5O10S2. The van der Waals surface area contributed by atoms with E-state index in [0.29, 0.717) is 16.9 Å². The van der Waals surface area contributed by atoms with E-state index in [9.17, 15) is 24.0 Å². The van der Waals surface area contributed by atoms with Crippen LogP contribution in [0.3, 0.4) is 0 Å². The number of carbonyl (C=O) groups excluding carboxylic acids is 5. The SMILES string of the molecule is COc1ccc(COC(=O)C2=C(CCl)[C@H](C)S[C@@H]3[C@H](NC(=O)/C(=N\OC(C)(C)C(=O)OC(C)(C)C)c4csc(NC(=O)OC(C)(C)C)n4)C(=O)N23)cc1. The quantitative estimate of drug-likeness (QED) is 0.0701. The van der Waals surface area contributed by atoms with Crippen molar-refractivity contribution >= 4 is 75.4 Å². The maximum Gasteiger partial charge on any atom is 0.413 e. The van der Waals surface area contributed by atoms with Gasteiger partial charge in [-0.3, -0.25) is 19.8 Å². The van der Waals surface area contributed by atoms with Crippen molar-refractivity contribution in [3.63, 3.8) is 0 Å². The second-order valence-electron chi connectivity index (χ2n) is 14.5. The molecule has 53 heavy (non-hydrogen) atoms. The first-order valence-corrected chi connectivity index (χ1v) is 18.8. The lowest BCUT2D eigenvalue weighted by Gasteiger charge is -2.51. The Labute approximate surface area is 321 Å². The topological polar surface area (TPSA) is 184 Å². The largest absolute Gasteiger partial charge is 0.497 e. The molecule has 0 bridgehead atoms. The van der Waals surface area contributed by atoms with Crippen LogP contribution in [0, 0.1) is 0 Å². The summed E-state index contributed by atoms with van der Waals surface area (Å²) in [5.41, 5.74) is -2.44. The molecule has 15 nitrogen and oxygen atoms in total. The lowest BCUT2D eigenvalue weighted by atomic mass is 10.0. The second-order valence-corrected chi connectivity index (χ2v) is 17.1. The number of anilines is 1. The third-order valence-corrected chi connectivity index (χ3v) is 9.90. The molecule has 0 radical (unpaired) electrons. The number of esters is 2. The first-order valence-electron chi connectivity index (χ1n) is 16.5. The van der Waals surface area contributed by atoms with Crippen LogP contribution in [0.25, 0.3) is 0 Å². The Morgan fingerprint density at radius 1 is 1.00 bits per heavy atom. The van der Waals surface area contributed by atoms with Crippen LogP contribution in [0.5, 0.6) is 5.75 Å². The monoisotopic (exact) mass is 793 g/mol. The highest BCUT2D eigenvalue weighted by molar-refractivity contribution is 8.00. The van der Waals surface area contributed by atoms with Crippen molar-refractivity contribution in [1.82, 2.24) is 15.2 Å². The number of aromatic nitrogens is 1. The molecule has 2 aliphatic rings. The number of oxime groups is 1. The third kappa shape index (κ3) is 10.4. The Morgan fingerprint density at radius 2 is 1.64 bits per heavy atom. The fourth-order valence-electron chi connectivity index (χ4n) is 4.80. The molecule has 1 aromatic carbocycles. The normalized spacial score (nSPS) is 19.1. The number of carbonyl (C=O) groups is 5. The number of amides is 3. The van der Waals surface area contributed by atoms with E-state index < -0.39 is 63.8 Å². The summed E-state index contributed by atoms with van der Waals surface area (Å²) in [7, 11) is 1.55. The zero-order valence-corrected chi connectivity index (χ0v) is 33.5. The Hall–Kier alpha value is -4.35. The van der Waals surface area contributed by atoms with Crippen LogP contribution in [0.2, 0.25) is 0 Å². The van der Waals surface area contributed by atoms with Crippen LogP contribution >= 0.6 is 34.7 Å². The molecule has 0 saturated carbocycles. The number of hydrogen-bond donors (Lipinski definition) is 2. The van der Waals surface area contributed by atoms with E-state index >= 15 is 0 Å². The molecule has 0 spiro atoms. The van der Waals surface area contributed by atoms with E-state index in [2.05, 4.69) is 20.8 Å². The smallest absolute Gasteiger partial charge is 0.413 e. The highest BCUT2D eigenvalue weighted by Crippen LogP contribution is 2.44. The summed E-state index contributed by atoms with van der Waals surface area (Å²) in [6.45, 7) is 14.8. The van der Waals surface area contributed by atoms with Crippen LogP contribution in [-0.4, -0.2) is 91.9 Å². The van der Waals surface area contributed by atoms with E-state index in [1.807, 2.05) is 6.92 Å². The molecule has 18 heteroatoms. The number of fused-ring (bicyclic) bond motifs is 1. The minimum atomic E-state index is -1.64. The van der Waals surface area contributed by atoms with Crippen molar-refractivity contribution in [2.45, 2.75) is 102 Å². The summed E-state index contributed by atoms with van der Waals surface area (Å²) in [4.78, 5) is 77.5. The van der Waals surface area contributed by atoms with Gasteiger partial charge in [-0.25, -0.2) is 19.4 Å². The lowest BCUT2D eigenvalue weighted by Crippen LogP contribution is -2.71. The van der Waals surface area contributed by atoms with Crippen LogP contribution < -0.4 is 15.4 Å². The standard InChI is InChI=1S/C35H44ClN5O10S2/c1-18-21(15-36)25(29(44)48-16-19-11-13-20(47-10)14-12-19)41-27(43)24(28(41)53-18)38-26(42)23(40-51-35(8,9)30(45)49-33(2,3)4)22-17-52-31(37-22)39-32(46)50-34(5,6)7/h11-14,17-18,24,28H,15-16H2,1-10H3,(H,38,42)(H,37,39,46)/b40-23-/t18-,24+,28+/m0/s1. The number of hydrogen-bond acceptors (Lipinski definition) is 14. The third-order valence-electron chi connectivity index (χ3n) is 7.40. The molecular weight excluding hydrogens is 750 g/mol. The predicted molar refractivity (Wildman–Crippen MR) is 200 cm³/mol. The van der Waals surface area contributed by atoms with Gasteiger partial charge in [-0.1, -0.05) is 17.3 Å². The molecule has 2 aromatic rings. The van der Waals surface area contributed by atoms with Crippen molar-refractivity contribution in [2.24, 2.45) is 5.16 Å². The summed E-state index contributed by atoms with van der Waals surface area (Å²) in [5.74, 6) is -2.32. The summed E-state index contributed by atoms with van der Waals surface area (Å²) in [6, 6.07) is 5.88. The lowest BCUT2D eigenvalue weighted by molar-refractivity contribution is -0.179. The molecule has 0 unspecified atom stereocenters. The first-order chi connectivity index (χ1) is 24.6. The summed E-state index contributed by atoms with van der Waals surface area (Å²) in [5, 5.41) is 9.73. The Bertz CT molecular complexity index is 1800. The van der Waals surface area contributed by atoms with E-state index in [0.717, 1.165) is 11.3 Å². The number of benzene rings is 1. The number of methoxy groups -OCH3 is 1. The van der Waals surface area contributed by atoms with Gasteiger partial charge >= 0.3 is 18.0 Å². The van der Waals surface area contributed by atoms with Crippen molar-refractivity contribution in [3.8, 4) is 5.75 Å². The molecule has 1 fully saturated rings. The van der Waals surface area contributed by atoms with E-state index in [4.69, 9.17) is 35.4 Å². The number of thioether (sulfide) groups is 1. The number of nitrogens with zero attached hydrogens (tertiary/aromatic N) is 3. The van der Waals surface area contributed by atoms with Gasteiger partial charge in [-0.15, -0.1) is 34.7 Å². The number of halogens is 1. The second kappa shape index (κ2) is 16.3. The summed E-state index contributed by atoms with van der Waals surface area (Å²) < 4.78 is 21.5. The molecule has 288 valence electrons. The van der Waals surface area contributed by atoms with Gasteiger partial charge in [0, 0.05) is 16.5 Å². The van der Waals surface area contributed by atoms with Gasteiger partial charge in [-0.2, -0.15) is 0 Å². The molecule has 3 atom stereocenters. The van der Waals surface area contributed by atoms with Crippen LogP contribution in [0.4, 0.5) is 9.93 Å². The Balaban J connectivity index is 1.57. The van der Waals surface area contributed by atoms with Gasteiger partial charge in [0.2, 0.25) is 5.60 Å². The molecule has 0 aliphatic carbocycles. The Kier molecular flexibility index (Phi) is 12.8. The van der Waals surface area contributed by atoms with Gasteiger partial charge in [0.25, 0.3) is 11.8 Å². The Morgan fingerprint density at radius 3 is 2.23 bits per heavy atom. The average molecular weight is 794 g/mol. The van der Waals surface area contributed by atoms with Gasteiger partial charge < -0.3 is 29.1 Å². The minimum absolute atomic E-state index is 0.0222. The number of nitrogens with one attached hydrogen (secondary N) is 2. The molecule has 3 heterocycles. The number of β-lactam (4-membered cyclic amide) rings is 1. The van der Waals surface area contributed by atoms with Gasteiger partial charge in [-0.05, 0) is 85.6 Å². The molecule has 2 N–H and O–H groups in total. The summed E-state index contributed by atoms with van der Waals surface area (Å²) >= 11 is 8.58. The average Bonchev–Trinajstić information content (AvgIpc) is 3.51. The predicted octanol–water partition coefficient (Wildman–Crippen LogP) is 5.36.